The van der Waals surface area contributed by atoms with E-state index in [9.17, 15) is 13.2 Å². The van der Waals surface area contributed by atoms with E-state index in [1.807, 2.05) is 6.92 Å². The average Bonchev–Trinajstić information content (AvgIpc) is 2.76. The Balaban J connectivity index is 2.18. The largest absolute Gasteiger partial charge is 0.398 e. The van der Waals surface area contributed by atoms with Crippen LogP contribution in [0.4, 0.5) is 13.2 Å². The zero-order valence-electron chi connectivity index (χ0n) is 13.6. The number of aliphatic imine (C=N–C) groups is 1. The Bertz CT molecular complexity index is 742. The van der Waals surface area contributed by atoms with E-state index in [1.54, 1.807) is 17.0 Å². The molecular formula is C17H18BrF3N4. The van der Waals surface area contributed by atoms with Crippen LogP contribution in [0, 0.1) is 5.92 Å². The third-order valence-electron chi connectivity index (χ3n) is 3.53. The lowest BCUT2D eigenvalue weighted by Gasteiger charge is -2.11. The highest BCUT2D eigenvalue weighted by Crippen LogP contribution is 2.33. The molecular weight excluding hydrogens is 397 g/mol. The molecule has 0 saturated carbocycles. The fourth-order valence-corrected chi connectivity index (χ4v) is 2.62. The van der Waals surface area contributed by atoms with Gasteiger partial charge >= 0.3 is 6.18 Å². The molecule has 1 aliphatic rings. The number of hydrogen-bond donors (Lipinski definition) is 1. The summed E-state index contributed by atoms with van der Waals surface area (Å²) in [6.45, 7) is 6.00. The molecule has 0 saturated heterocycles. The van der Waals surface area contributed by atoms with E-state index in [2.05, 4.69) is 37.9 Å². The van der Waals surface area contributed by atoms with Gasteiger partial charge in [-0.3, -0.25) is 4.99 Å². The van der Waals surface area contributed by atoms with Gasteiger partial charge in [0.2, 0.25) is 0 Å². The fraction of sp³-hybridized carbons (Fsp3) is 0.294. The molecule has 134 valence electrons. The second kappa shape index (κ2) is 8.33. The van der Waals surface area contributed by atoms with Crippen LogP contribution < -0.4 is 5.32 Å². The van der Waals surface area contributed by atoms with E-state index in [4.69, 9.17) is 0 Å². The molecule has 0 bridgehead atoms. The maximum absolute atomic E-state index is 12.9. The molecule has 0 spiro atoms. The molecule has 25 heavy (non-hydrogen) atoms. The summed E-state index contributed by atoms with van der Waals surface area (Å²) >= 11 is 3.39. The average molecular weight is 415 g/mol. The van der Waals surface area contributed by atoms with Gasteiger partial charge in [-0.2, -0.15) is 18.3 Å². The number of hydrogen-bond acceptors (Lipinski definition) is 2. The van der Waals surface area contributed by atoms with Crippen molar-refractivity contribution >= 4 is 27.8 Å². The van der Waals surface area contributed by atoms with Crippen LogP contribution in [0.3, 0.4) is 0 Å². The summed E-state index contributed by atoms with van der Waals surface area (Å²) in [6.07, 6.45) is 6.36. The lowest BCUT2D eigenvalue weighted by atomic mass is 10.1. The fourth-order valence-electron chi connectivity index (χ4n) is 2.10. The molecule has 1 aromatic rings. The predicted octanol–water partition coefficient (Wildman–Crippen LogP) is 4.83. The number of halogens is 4. The normalized spacial score (nSPS) is 17.6. The zero-order valence-corrected chi connectivity index (χ0v) is 15.2. The molecule has 0 aromatic carbocycles. The van der Waals surface area contributed by atoms with Crippen LogP contribution >= 0.6 is 15.9 Å². The van der Waals surface area contributed by atoms with Crippen molar-refractivity contribution in [2.24, 2.45) is 10.9 Å². The lowest BCUT2D eigenvalue weighted by Crippen LogP contribution is -2.18. The molecule has 1 unspecified atom stereocenters. The van der Waals surface area contributed by atoms with Crippen LogP contribution in [0.1, 0.15) is 19.0 Å². The lowest BCUT2D eigenvalue weighted by molar-refractivity contribution is -0.148. The number of rotatable bonds is 6. The van der Waals surface area contributed by atoms with Crippen LogP contribution in [0.2, 0.25) is 0 Å². The van der Waals surface area contributed by atoms with Gasteiger partial charge in [0.05, 0.1) is 28.6 Å². The van der Waals surface area contributed by atoms with Gasteiger partial charge < -0.3 is 5.32 Å². The van der Waals surface area contributed by atoms with E-state index in [0.29, 0.717) is 15.7 Å². The number of nitrogens with one attached hydrogen (secondary N) is 1. The van der Waals surface area contributed by atoms with Crippen LogP contribution in [0.25, 0.3) is 5.57 Å². The third-order valence-corrected chi connectivity index (χ3v) is 4.11. The highest BCUT2D eigenvalue weighted by molar-refractivity contribution is 9.10. The summed E-state index contributed by atoms with van der Waals surface area (Å²) < 4.78 is 40.9. The summed E-state index contributed by atoms with van der Waals surface area (Å²) in [5, 5.41) is 7.15. The van der Waals surface area contributed by atoms with E-state index in [-0.39, 0.29) is 6.67 Å². The molecule has 0 aliphatic heterocycles. The number of nitrogens with zero attached hydrogens (tertiary/aromatic N) is 3. The smallest absolute Gasteiger partial charge is 0.351 e. The van der Waals surface area contributed by atoms with Gasteiger partial charge in [0.1, 0.15) is 6.67 Å². The topological polar surface area (TPSA) is 42.2 Å². The van der Waals surface area contributed by atoms with Gasteiger partial charge in [-0.1, -0.05) is 43.9 Å². The van der Waals surface area contributed by atoms with Crippen molar-refractivity contribution in [3.8, 4) is 0 Å². The van der Waals surface area contributed by atoms with Crippen LogP contribution in [-0.4, -0.2) is 22.3 Å². The van der Waals surface area contributed by atoms with Gasteiger partial charge in [0.25, 0.3) is 0 Å². The van der Waals surface area contributed by atoms with E-state index in [1.165, 1.54) is 18.5 Å². The number of aromatic nitrogens is 2. The Kier molecular flexibility index (Phi) is 6.41. The molecule has 1 N–H and O–H groups in total. The summed E-state index contributed by atoms with van der Waals surface area (Å²) in [6, 6.07) is 0. The SMILES string of the molecule is C=C(CC)N/C=N/Cn1ncc(Br)c1C1=CC=CC(C(F)(F)F)C=C1. The molecule has 1 aromatic heterocycles. The summed E-state index contributed by atoms with van der Waals surface area (Å²) in [7, 11) is 0. The first-order valence-corrected chi connectivity index (χ1v) is 8.40. The Morgan fingerprint density at radius 3 is 2.92 bits per heavy atom. The second-order valence-corrected chi connectivity index (χ2v) is 6.18. The maximum Gasteiger partial charge on any atom is 0.398 e. The highest BCUT2D eigenvalue weighted by atomic mass is 79.9. The van der Waals surface area contributed by atoms with Gasteiger partial charge in [-0.15, -0.1) is 0 Å². The molecule has 0 amide bonds. The quantitative estimate of drug-likeness (QED) is 0.534. The van der Waals surface area contributed by atoms with Gasteiger partial charge in [0, 0.05) is 11.3 Å². The van der Waals surface area contributed by atoms with Crippen LogP contribution in [-0.2, 0) is 6.67 Å². The first-order chi connectivity index (χ1) is 11.8. The number of allylic oxidation sites excluding steroid dienone is 7. The highest BCUT2D eigenvalue weighted by Gasteiger charge is 2.36. The van der Waals surface area contributed by atoms with Crippen molar-refractivity contribution in [3.63, 3.8) is 0 Å². The molecule has 0 radical (unpaired) electrons. The van der Waals surface area contributed by atoms with E-state index in [0.717, 1.165) is 24.3 Å². The van der Waals surface area contributed by atoms with Gasteiger partial charge in [0.15, 0.2) is 0 Å². The van der Waals surface area contributed by atoms with Crippen molar-refractivity contribution < 1.29 is 13.2 Å². The molecule has 8 heteroatoms. The molecule has 1 heterocycles. The standard InChI is InChI=1S/C17H18BrF3N4/c1-3-12(2)23-10-22-11-25-16(15(18)9-24-25)13-5-4-6-14(8-7-13)17(19,20)21/h4-10,14H,2-3,11H2,1H3,(H,22,23). The first-order valence-electron chi connectivity index (χ1n) is 7.60. The zero-order chi connectivity index (χ0) is 18.4. The molecule has 1 atom stereocenters. The predicted molar refractivity (Wildman–Crippen MR) is 96.8 cm³/mol. The van der Waals surface area contributed by atoms with Gasteiger partial charge in [-0.25, -0.2) is 4.68 Å². The Morgan fingerprint density at radius 2 is 2.24 bits per heavy atom. The summed E-state index contributed by atoms with van der Waals surface area (Å²) in [5.41, 5.74) is 2.12. The molecule has 0 fully saturated rings. The molecule has 1 aliphatic carbocycles. The van der Waals surface area contributed by atoms with Gasteiger partial charge in [-0.05, 0) is 22.4 Å². The Labute approximate surface area is 152 Å². The van der Waals surface area contributed by atoms with E-state index < -0.39 is 12.1 Å². The minimum absolute atomic E-state index is 0.225. The maximum atomic E-state index is 12.9. The van der Waals surface area contributed by atoms with Crippen molar-refractivity contribution in [2.45, 2.75) is 26.2 Å². The Morgan fingerprint density at radius 1 is 1.48 bits per heavy atom. The summed E-state index contributed by atoms with van der Waals surface area (Å²) in [4.78, 5) is 4.21. The minimum Gasteiger partial charge on any atom is -0.351 e. The first kappa shape index (κ1) is 19.2. The van der Waals surface area contributed by atoms with Crippen molar-refractivity contribution in [1.29, 1.82) is 0 Å². The summed E-state index contributed by atoms with van der Waals surface area (Å²) in [5.74, 6) is -1.60. The van der Waals surface area contributed by atoms with Crippen molar-refractivity contribution in [3.05, 3.63) is 59.0 Å². The van der Waals surface area contributed by atoms with Crippen molar-refractivity contribution in [2.75, 3.05) is 0 Å². The number of alkyl halides is 3. The van der Waals surface area contributed by atoms with E-state index >= 15 is 0 Å². The minimum atomic E-state index is -4.30. The molecule has 2 rings (SSSR count). The monoisotopic (exact) mass is 414 g/mol. The Hall–Kier alpha value is -2.09. The molecule has 4 nitrogen and oxygen atoms in total. The third kappa shape index (κ3) is 5.19. The van der Waals surface area contributed by atoms with Crippen molar-refractivity contribution in [1.82, 2.24) is 15.1 Å². The second-order valence-electron chi connectivity index (χ2n) is 5.33. The van der Waals surface area contributed by atoms with Crippen LogP contribution in [0.5, 0.6) is 0 Å². The van der Waals surface area contributed by atoms with Crippen LogP contribution in [0.15, 0.2) is 58.3 Å².